The number of allylic oxidation sites excluding steroid dienone is 1. The Hall–Kier alpha value is -3.60. The first kappa shape index (κ1) is 24.7. The average molecular weight is 606 g/mol. The summed E-state index contributed by atoms with van der Waals surface area (Å²) in [5, 5.41) is 4.87. The van der Waals surface area contributed by atoms with E-state index in [0.29, 0.717) is 44.0 Å². The van der Waals surface area contributed by atoms with Gasteiger partial charge in [-0.15, -0.1) is 11.3 Å². The van der Waals surface area contributed by atoms with Crippen LogP contribution >= 0.6 is 38.6 Å². The maximum atomic E-state index is 14.1. The third kappa shape index (κ3) is 3.91. The van der Waals surface area contributed by atoms with E-state index in [1.165, 1.54) is 22.7 Å². The number of rotatable bonds is 4. The van der Waals surface area contributed by atoms with Gasteiger partial charge in [-0.2, -0.15) is 0 Å². The van der Waals surface area contributed by atoms with Crippen molar-refractivity contribution >= 4 is 67.4 Å². The van der Waals surface area contributed by atoms with Crippen LogP contribution in [0.25, 0.3) is 5.57 Å². The Bertz CT molecular complexity index is 1820. The van der Waals surface area contributed by atoms with Crippen molar-refractivity contribution in [3.05, 3.63) is 112 Å². The van der Waals surface area contributed by atoms with Crippen LogP contribution in [0.3, 0.4) is 0 Å². The van der Waals surface area contributed by atoms with E-state index in [4.69, 9.17) is 4.99 Å². The number of benzene rings is 2. The summed E-state index contributed by atoms with van der Waals surface area (Å²) < 4.78 is 2.70. The van der Waals surface area contributed by atoms with Crippen LogP contribution in [-0.4, -0.2) is 22.9 Å². The van der Waals surface area contributed by atoms with Crippen LogP contribution < -0.4 is 25.1 Å². The first-order chi connectivity index (χ1) is 18.4. The molecule has 2 amide bonds. The number of aromatic nitrogens is 1. The van der Waals surface area contributed by atoms with Gasteiger partial charge in [-0.1, -0.05) is 51.5 Å². The number of halogens is 1. The molecule has 2 aromatic carbocycles. The average Bonchev–Trinajstić information content (AvgIpc) is 3.60. The zero-order chi connectivity index (χ0) is 26.6. The van der Waals surface area contributed by atoms with Crippen molar-refractivity contribution in [1.82, 2.24) is 4.57 Å². The lowest BCUT2D eigenvalue weighted by Crippen LogP contribution is -2.41. The number of anilines is 2. The molecule has 2 aliphatic heterocycles. The molecule has 7 nitrogen and oxygen atoms in total. The Morgan fingerprint density at radius 3 is 2.61 bits per heavy atom. The minimum Gasteiger partial charge on any atom is -0.322 e. The van der Waals surface area contributed by atoms with Gasteiger partial charge < -0.3 is 10.2 Å². The van der Waals surface area contributed by atoms with Crippen LogP contribution in [0.15, 0.2) is 91.6 Å². The van der Waals surface area contributed by atoms with E-state index in [1.807, 2.05) is 73.0 Å². The number of hydrogen-bond donors (Lipinski definition) is 1. The van der Waals surface area contributed by atoms with Crippen LogP contribution in [0.2, 0.25) is 0 Å². The maximum absolute atomic E-state index is 14.1. The topological polar surface area (TPSA) is 83.8 Å². The van der Waals surface area contributed by atoms with E-state index in [2.05, 4.69) is 21.2 Å². The van der Waals surface area contributed by atoms with Gasteiger partial charge in [0.25, 0.3) is 17.4 Å². The molecule has 2 aliphatic rings. The van der Waals surface area contributed by atoms with Gasteiger partial charge in [-0.05, 0) is 55.6 Å². The lowest BCUT2D eigenvalue weighted by atomic mass is 10.0. The van der Waals surface area contributed by atoms with Gasteiger partial charge in [0.1, 0.15) is 10.6 Å². The molecule has 4 aromatic rings. The van der Waals surface area contributed by atoms with Gasteiger partial charge >= 0.3 is 0 Å². The highest BCUT2D eigenvalue weighted by atomic mass is 79.9. The Morgan fingerprint density at radius 1 is 1.11 bits per heavy atom. The minimum atomic E-state index is -0.662. The fourth-order valence-electron chi connectivity index (χ4n) is 4.93. The number of carbonyl (C=O) groups excluding carboxylic acids is 2. The zero-order valence-electron chi connectivity index (χ0n) is 20.4. The molecule has 2 aromatic heterocycles. The summed E-state index contributed by atoms with van der Waals surface area (Å²) in [5.74, 6) is -0.534. The second kappa shape index (κ2) is 9.61. The van der Waals surface area contributed by atoms with Gasteiger partial charge in [0.15, 0.2) is 4.80 Å². The van der Waals surface area contributed by atoms with Crippen LogP contribution in [0.4, 0.5) is 11.4 Å². The van der Waals surface area contributed by atoms with Crippen molar-refractivity contribution in [2.45, 2.75) is 19.9 Å². The molecule has 0 spiro atoms. The summed E-state index contributed by atoms with van der Waals surface area (Å²) in [6.07, 6.45) is 0. The Morgan fingerprint density at radius 2 is 1.89 bits per heavy atom. The Kier molecular flexibility index (Phi) is 6.25. The molecule has 0 fully saturated rings. The van der Waals surface area contributed by atoms with Crippen molar-refractivity contribution in [1.29, 1.82) is 0 Å². The van der Waals surface area contributed by atoms with Crippen molar-refractivity contribution in [2.75, 3.05) is 16.8 Å². The number of thiazole rings is 1. The number of likely N-dealkylation sites (N-methyl/N-ethyl adjacent to an activating group) is 1. The number of nitrogens with one attached hydrogen (secondary N) is 1. The maximum Gasteiger partial charge on any atom is 0.272 e. The fourth-order valence-corrected chi connectivity index (χ4v) is 7.26. The second-order valence-corrected chi connectivity index (χ2v) is 11.7. The van der Waals surface area contributed by atoms with Crippen molar-refractivity contribution < 1.29 is 9.59 Å². The molecule has 190 valence electrons. The number of fused-ring (bicyclic) bond motifs is 2. The predicted octanol–water partition coefficient (Wildman–Crippen LogP) is 4.43. The number of nitrogens with zero attached hydrogens (tertiary/aromatic N) is 3. The fraction of sp³-hybridized carbons (Fsp3) is 0.143. The van der Waals surface area contributed by atoms with E-state index in [0.717, 1.165) is 15.0 Å². The molecule has 0 unspecified atom stereocenters. The Labute approximate surface area is 234 Å². The van der Waals surface area contributed by atoms with Crippen LogP contribution in [0, 0.1) is 0 Å². The summed E-state index contributed by atoms with van der Waals surface area (Å²) in [5.41, 5.74) is 3.10. The number of hydrogen-bond acceptors (Lipinski definition) is 6. The lowest BCUT2D eigenvalue weighted by Gasteiger charge is -2.24. The molecule has 0 aliphatic carbocycles. The quantitative estimate of drug-likeness (QED) is 0.374. The highest BCUT2D eigenvalue weighted by molar-refractivity contribution is 9.10. The van der Waals surface area contributed by atoms with Gasteiger partial charge in [0.05, 0.1) is 22.5 Å². The van der Waals surface area contributed by atoms with E-state index in [1.54, 1.807) is 16.4 Å². The molecule has 1 atom stereocenters. The first-order valence-corrected chi connectivity index (χ1v) is 14.4. The van der Waals surface area contributed by atoms with Crippen LogP contribution in [0.1, 0.15) is 30.3 Å². The van der Waals surface area contributed by atoms with E-state index < -0.39 is 6.04 Å². The molecular formula is C28H21BrN4O3S2. The van der Waals surface area contributed by atoms with E-state index >= 15 is 0 Å². The molecular weight excluding hydrogens is 584 g/mol. The number of thiophene rings is 1. The predicted molar refractivity (Wildman–Crippen MR) is 154 cm³/mol. The van der Waals surface area contributed by atoms with E-state index in [-0.39, 0.29) is 17.4 Å². The normalized spacial score (nSPS) is 17.8. The molecule has 10 heteroatoms. The molecule has 6 rings (SSSR count). The molecule has 38 heavy (non-hydrogen) atoms. The molecule has 4 heterocycles. The number of amides is 2. The van der Waals surface area contributed by atoms with Gasteiger partial charge in [0, 0.05) is 27.1 Å². The molecule has 0 saturated heterocycles. The van der Waals surface area contributed by atoms with Crippen LogP contribution in [-0.2, 0) is 9.59 Å². The third-order valence-corrected chi connectivity index (χ3v) is 9.08. The molecule has 0 saturated carbocycles. The smallest absolute Gasteiger partial charge is 0.272 e. The highest BCUT2D eigenvalue weighted by Crippen LogP contribution is 2.37. The molecule has 0 radical (unpaired) electrons. The van der Waals surface area contributed by atoms with E-state index in [9.17, 15) is 14.4 Å². The lowest BCUT2D eigenvalue weighted by molar-refractivity contribution is -0.114. The zero-order valence-corrected chi connectivity index (χ0v) is 23.6. The second-order valence-electron chi connectivity index (χ2n) is 8.82. The summed E-state index contributed by atoms with van der Waals surface area (Å²) in [4.78, 5) is 49.0. The van der Waals surface area contributed by atoms with Crippen molar-refractivity contribution in [3.8, 4) is 0 Å². The highest BCUT2D eigenvalue weighted by Gasteiger charge is 2.37. The third-order valence-electron chi connectivity index (χ3n) is 6.61. The van der Waals surface area contributed by atoms with Crippen LogP contribution in [0.5, 0.6) is 0 Å². The molecule has 1 N–H and O–H groups in total. The van der Waals surface area contributed by atoms with Gasteiger partial charge in [0.2, 0.25) is 0 Å². The van der Waals surface area contributed by atoms with Gasteiger partial charge in [-0.3, -0.25) is 19.0 Å². The van der Waals surface area contributed by atoms with Gasteiger partial charge in [-0.25, -0.2) is 4.99 Å². The summed E-state index contributed by atoms with van der Waals surface area (Å²) in [6, 6.07) is 18.0. The number of para-hydroxylation sites is 1. The summed E-state index contributed by atoms with van der Waals surface area (Å²) in [7, 11) is 0. The largest absolute Gasteiger partial charge is 0.322 e. The molecule has 0 bridgehead atoms. The monoisotopic (exact) mass is 604 g/mol. The summed E-state index contributed by atoms with van der Waals surface area (Å²) in [6.45, 7) is 4.18. The number of carbonyl (C=O) groups is 2. The summed E-state index contributed by atoms with van der Waals surface area (Å²) >= 11 is 6.16. The van der Waals surface area contributed by atoms with Crippen molar-refractivity contribution in [3.63, 3.8) is 0 Å². The Balaban J connectivity index is 1.58. The standard InChI is InChI=1S/C28H21BrN4O3S2/c1-3-32-19-12-11-16(29)14-18(19)22(26(32)35)24-27(36)33-23(20-10-7-13-37-20)21(15(2)30-28(33)38-24)25(34)31-17-8-5-4-6-9-17/h4-14,23H,3H2,1-2H3,(H,31,34)/b24-22+/t23-/m0/s1. The first-order valence-electron chi connectivity index (χ1n) is 12.0. The van der Waals surface area contributed by atoms with Crippen molar-refractivity contribution in [2.24, 2.45) is 4.99 Å². The minimum absolute atomic E-state index is 0.212. The SMILES string of the molecule is CCN1C(=O)/C(=c2/sc3n(c2=O)[C@@H](c2cccs2)C(C(=O)Nc2ccccc2)=C(C)N=3)c2cc(Br)ccc21.